The maximum atomic E-state index is 11.0. The SMILES string of the molecule is COC(=O)[C@H]1CCC[C@@H](O)C1.OC1CCCCO1. The Balaban J connectivity index is 0.000000199. The molecule has 1 aliphatic carbocycles. The number of aliphatic hydroxyl groups is 2. The third-order valence-electron chi connectivity index (χ3n) is 3.34. The average Bonchev–Trinajstić information content (AvgIpc) is 2.39. The van der Waals surface area contributed by atoms with Crippen LogP contribution in [0, 0.1) is 5.92 Å². The van der Waals surface area contributed by atoms with E-state index in [2.05, 4.69) is 4.74 Å². The van der Waals surface area contributed by atoms with Crippen LogP contribution in [0.2, 0.25) is 0 Å². The molecule has 5 nitrogen and oxygen atoms in total. The lowest BCUT2D eigenvalue weighted by Crippen LogP contribution is -2.26. The predicted octanol–water partition coefficient (Wildman–Crippen LogP) is 1.22. The van der Waals surface area contributed by atoms with Gasteiger partial charge in [0.2, 0.25) is 0 Å². The van der Waals surface area contributed by atoms with Gasteiger partial charge in [-0.3, -0.25) is 4.79 Å². The van der Waals surface area contributed by atoms with Gasteiger partial charge in [-0.1, -0.05) is 6.42 Å². The maximum Gasteiger partial charge on any atom is 0.308 e. The number of hydrogen-bond acceptors (Lipinski definition) is 5. The highest BCUT2D eigenvalue weighted by Crippen LogP contribution is 2.24. The van der Waals surface area contributed by atoms with Gasteiger partial charge in [0.1, 0.15) is 0 Å². The molecule has 0 radical (unpaired) electrons. The highest BCUT2D eigenvalue weighted by atomic mass is 16.6. The first-order valence-electron chi connectivity index (χ1n) is 6.69. The van der Waals surface area contributed by atoms with E-state index < -0.39 is 6.29 Å². The van der Waals surface area contributed by atoms with Crippen LogP contribution in [-0.4, -0.2) is 42.3 Å². The molecule has 3 atom stereocenters. The Labute approximate surface area is 108 Å². The standard InChI is InChI=1S/C8H14O3.C5H10O2/c1-11-8(10)6-3-2-4-7(9)5-6;6-5-3-1-2-4-7-5/h6-7,9H,2-5H2,1H3;5-6H,1-4H2/t6-,7+;/m0./s1. The zero-order valence-corrected chi connectivity index (χ0v) is 11.0. The summed E-state index contributed by atoms with van der Waals surface area (Å²) in [7, 11) is 1.39. The summed E-state index contributed by atoms with van der Waals surface area (Å²) in [6, 6.07) is 0. The Morgan fingerprint density at radius 1 is 1.17 bits per heavy atom. The second kappa shape index (κ2) is 8.45. The second-order valence-corrected chi connectivity index (χ2v) is 4.86. The fraction of sp³-hybridized carbons (Fsp3) is 0.923. The van der Waals surface area contributed by atoms with Crippen LogP contribution in [0.15, 0.2) is 0 Å². The normalized spacial score (nSPS) is 32.1. The molecule has 2 N–H and O–H groups in total. The van der Waals surface area contributed by atoms with Crippen molar-refractivity contribution in [1.29, 1.82) is 0 Å². The number of rotatable bonds is 1. The molecule has 1 heterocycles. The minimum absolute atomic E-state index is 0.0660. The summed E-state index contributed by atoms with van der Waals surface area (Å²) in [5.74, 6) is -0.243. The highest BCUT2D eigenvalue weighted by Gasteiger charge is 2.26. The van der Waals surface area contributed by atoms with Crippen molar-refractivity contribution in [2.24, 2.45) is 5.92 Å². The molecule has 106 valence electrons. The van der Waals surface area contributed by atoms with Crippen LogP contribution in [0.25, 0.3) is 0 Å². The number of ether oxygens (including phenoxy) is 2. The van der Waals surface area contributed by atoms with E-state index in [0.29, 0.717) is 6.42 Å². The van der Waals surface area contributed by atoms with E-state index in [1.165, 1.54) is 7.11 Å². The van der Waals surface area contributed by atoms with Gasteiger partial charge in [-0.15, -0.1) is 0 Å². The summed E-state index contributed by atoms with van der Waals surface area (Å²) >= 11 is 0. The van der Waals surface area contributed by atoms with E-state index in [1.807, 2.05) is 0 Å². The number of aliphatic hydroxyl groups excluding tert-OH is 2. The molecule has 0 aromatic carbocycles. The molecule has 1 saturated heterocycles. The summed E-state index contributed by atoms with van der Waals surface area (Å²) in [6.07, 6.45) is 5.48. The maximum absolute atomic E-state index is 11.0. The number of carbonyl (C=O) groups is 1. The van der Waals surface area contributed by atoms with Crippen LogP contribution < -0.4 is 0 Å². The van der Waals surface area contributed by atoms with Crippen LogP contribution in [0.1, 0.15) is 44.9 Å². The van der Waals surface area contributed by atoms with Gasteiger partial charge in [0.15, 0.2) is 6.29 Å². The second-order valence-electron chi connectivity index (χ2n) is 4.86. The van der Waals surface area contributed by atoms with Gasteiger partial charge in [0, 0.05) is 6.61 Å². The molecule has 0 aromatic heterocycles. The van der Waals surface area contributed by atoms with Gasteiger partial charge in [-0.25, -0.2) is 0 Å². The smallest absolute Gasteiger partial charge is 0.308 e. The predicted molar refractivity (Wildman–Crippen MR) is 65.8 cm³/mol. The van der Waals surface area contributed by atoms with Crippen molar-refractivity contribution in [2.75, 3.05) is 13.7 Å². The molecular formula is C13H24O5. The first kappa shape index (κ1) is 15.4. The highest BCUT2D eigenvalue weighted by molar-refractivity contribution is 5.72. The number of esters is 1. The molecule has 1 saturated carbocycles. The van der Waals surface area contributed by atoms with Crippen LogP contribution >= 0.6 is 0 Å². The summed E-state index contributed by atoms with van der Waals surface area (Å²) in [6.45, 7) is 0.737. The zero-order valence-electron chi connectivity index (χ0n) is 11.0. The van der Waals surface area contributed by atoms with Crippen molar-refractivity contribution in [3.05, 3.63) is 0 Å². The third-order valence-corrected chi connectivity index (χ3v) is 3.34. The molecular weight excluding hydrogens is 236 g/mol. The first-order valence-corrected chi connectivity index (χ1v) is 6.69. The minimum Gasteiger partial charge on any atom is -0.469 e. The van der Waals surface area contributed by atoms with Crippen molar-refractivity contribution in [2.45, 2.75) is 57.3 Å². The van der Waals surface area contributed by atoms with Gasteiger partial charge >= 0.3 is 5.97 Å². The Hall–Kier alpha value is -0.650. The van der Waals surface area contributed by atoms with E-state index in [4.69, 9.17) is 9.84 Å². The lowest BCUT2D eigenvalue weighted by atomic mass is 9.87. The fourth-order valence-electron chi connectivity index (χ4n) is 2.27. The molecule has 2 aliphatic rings. The van der Waals surface area contributed by atoms with Gasteiger partial charge in [-0.2, -0.15) is 0 Å². The molecule has 2 rings (SSSR count). The van der Waals surface area contributed by atoms with Crippen LogP contribution in [-0.2, 0) is 14.3 Å². The van der Waals surface area contributed by atoms with Crippen LogP contribution in [0.3, 0.4) is 0 Å². The van der Waals surface area contributed by atoms with Crippen LogP contribution in [0.5, 0.6) is 0 Å². The molecule has 0 amide bonds. The summed E-state index contributed by atoms with van der Waals surface area (Å²) in [4.78, 5) is 11.0. The van der Waals surface area contributed by atoms with E-state index in [-0.39, 0.29) is 18.0 Å². The topological polar surface area (TPSA) is 76.0 Å². The molecule has 1 aliphatic heterocycles. The monoisotopic (exact) mass is 260 g/mol. The minimum atomic E-state index is -0.464. The van der Waals surface area contributed by atoms with Gasteiger partial charge in [0.05, 0.1) is 19.1 Å². The van der Waals surface area contributed by atoms with Crippen molar-refractivity contribution in [3.8, 4) is 0 Å². The Kier molecular flexibility index (Phi) is 7.23. The summed E-state index contributed by atoms with van der Waals surface area (Å²) < 4.78 is 9.42. The average molecular weight is 260 g/mol. The molecule has 5 heteroatoms. The number of carbonyl (C=O) groups excluding carboxylic acids is 1. The molecule has 1 unspecified atom stereocenters. The van der Waals surface area contributed by atoms with E-state index in [0.717, 1.165) is 45.1 Å². The number of methoxy groups -OCH3 is 1. The third kappa shape index (κ3) is 5.80. The lowest BCUT2D eigenvalue weighted by Gasteiger charge is -2.23. The van der Waals surface area contributed by atoms with E-state index >= 15 is 0 Å². The Morgan fingerprint density at radius 3 is 2.39 bits per heavy atom. The Morgan fingerprint density at radius 2 is 1.94 bits per heavy atom. The quantitative estimate of drug-likeness (QED) is 0.693. The molecule has 18 heavy (non-hydrogen) atoms. The molecule has 2 fully saturated rings. The van der Waals surface area contributed by atoms with Crippen molar-refractivity contribution < 1.29 is 24.5 Å². The van der Waals surface area contributed by atoms with Gasteiger partial charge < -0.3 is 19.7 Å². The molecule has 0 spiro atoms. The molecule has 0 aromatic rings. The van der Waals surface area contributed by atoms with Crippen molar-refractivity contribution >= 4 is 5.97 Å². The zero-order chi connectivity index (χ0) is 13.4. The lowest BCUT2D eigenvalue weighted by molar-refractivity contribution is -0.147. The van der Waals surface area contributed by atoms with Gasteiger partial charge in [0.25, 0.3) is 0 Å². The van der Waals surface area contributed by atoms with Crippen molar-refractivity contribution in [1.82, 2.24) is 0 Å². The van der Waals surface area contributed by atoms with Gasteiger partial charge in [-0.05, 0) is 38.5 Å². The first-order chi connectivity index (χ1) is 8.63. The summed E-state index contributed by atoms with van der Waals surface area (Å²) in [5.41, 5.74) is 0. The van der Waals surface area contributed by atoms with Crippen LogP contribution in [0.4, 0.5) is 0 Å². The fourth-order valence-corrected chi connectivity index (χ4v) is 2.27. The van der Waals surface area contributed by atoms with Crippen molar-refractivity contribution in [3.63, 3.8) is 0 Å². The summed E-state index contributed by atoms with van der Waals surface area (Å²) in [5, 5.41) is 17.9. The van der Waals surface area contributed by atoms with E-state index in [1.54, 1.807) is 0 Å². The largest absolute Gasteiger partial charge is 0.469 e. The Bertz CT molecular complexity index is 238. The van der Waals surface area contributed by atoms with E-state index in [9.17, 15) is 9.90 Å². The number of hydrogen-bond donors (Lipinski definition) is 2. The molecule has 0 bridgehead atoms.